The van der Waals surface area contributed by atoms with Crippen LogP contribution in [0.25, 0.3) is 0 Å². The molecule has 18 heavy (non-hydrogen) atoms. The van der Waals surface area contributed by atoms with E-state index in [0.29, 0.717) is 6.42 Å². The zero-order valence-corrected chi connectivity index (χ0v) is 10.6. The second-order valence-electron chi connectivity index (χ2n) is 4.59. The van der Waals surface area contributed by atoms with Gasteiger partial charge in [-0.05, 0) is 19.9 Å². The summed E-state index contributed by atoms with van der Waals surface area (Å²) < 4.78 is 47.9. The predicted molar refractivity (Wildman–Crippen MR) is 64.1 cm³/mol. The van der Waals surface area contributed by atoms with Crippen LogP contribution in [0, 0.1) is 0 Å². The van der Waals surface area contributed by atoms with Crippen LogP contribution in [-0.2, 0) is 4.74 Å². The third kappa shape index (κ3) is 4.56. The molecule has 102 valence electrons. The van der Waals surface area contributed by atoms with Crippen molar-refractivity contribution in [1.29, 1.82) is 0 Å². The summed E-state index contributed by atoms with van der Waals surface area (Å²) in [6.07, 6.45) is 2.64. The Kier molecular flexibility index (Phi) is 4.62. The molecule has 0 aliphatic heterocycles. The van der Waals surface area contributed by atoms with E-state index in [2.05, 4.69) is 4.98 Å². The summed E-state index contributed by atoms with van der Waals surface area (Å²) in [5.41, 5.74) is -1.11. The minimum atomic E-state index is -5.04. The van der Waals surface area contributed by atoms with Gasteiger partial charge in [-0.25, -0.2) is 0 Å². The van der Waals surface area contributed by atoms with E-state index in [1.54, 1.807) is 7.11 Å². The van der Waals surface area contributed by atoms with Gasteiger partial charge in [-0.15, -0.1) is 0 Å². The Morgan fingerprint density at radius 2 is 1.94 bits per heavy atom. The first-order valence-electron chi connectivity index (χ1n) is 5.57. The van der Waals surface area contributed by atoms with E-state index >= 15 is 0 Å². The molecule has 0 saturated carbocycles. The van der Waals surface area contributed by atoms with E-state index in [1.165, 1.54) is 6.20 Å². The van der Waals surface area contributed by atoms with Crippen molar-refractivity contribution >= 4 is 12.4 Å². The van der Waals surface area contributed by atoms with Gasteiger partial charge in [0.2, 0.25) is 0 Å². The summed E-state index contributed by atoms with van der Waals surface area (Å²) in [5.74, 6) is 0.124. The van der Waals surface area contributed by atoms with E-state index in [1.807, 2.05) is 13.8 Å². The average molecular weight is 262 g/mol. The molecule has 3 nitrogen and oxygen atoms in total. The van der Waals surface area contributed by atoms with E-state index in [4.69, 9.17) is 9.47 Å². The number of hydrogen-bond donors (Lipinski definition) is 0. The highest BCUT2D eigenvalue weighted by Crippen LogP contribution is 2.16. The predicted octanol–water partition coefficient (Wildman–Crippen LogP) is 2.33. The van der Waals surface area contributed by atoms with Gasteiger partial charge in [0, 0.05) is 19.7 Å². The second kappa shape index (κ2) is 5.60. The lowest BCUT2D eigenvalue weighted by atomic mass is 9.81. The number of nitrogens with zero attached hydrogens (tertiary/aromatic N) is 1. The smallest absolute Gasteiger partial charge is 0.492 e. The lowest BCUT2D eigenvalue weighted by molar-refractivity contribution is 0.00543. The molecule has 0 fully saturated rings. The molecule has 0 aliphatic carbocycles. The SMILES string of the molecule is COC(C)(C)CCOc1cncc([B-](F)(F)F)c1. The molecule has 1 rings (SSSR count). The fraction of sp³-hybridized carbons (Fsp3) is 0.545. The maximum Gasteiger partial charge on any atom is 0.511 e. The molecule has 0 radical (unpaired) electrons. The lowest BCUT2D eigenvalue weighted by Crippen LogP contribution is -2.34. The Labute approximate surface area is 104 Å². The normalized spacial score (nSPS) is 12.6. The molecule has 1 heterocycles. The first kappa shape index (κ1) is 14.8. The Morgan fingerprint density at radius 3 is 2.50 bits per heavy atom. The van der Waals surface area contributed by atoms with Gasteiger partial charge >= 0.3 is 6.98 Å². The molecule has 0 amide bonds. The van der Waals surface area contributed by atoms with Crippen LogP contribution < -0.4 is 10.2 Å². The molecule has 0 atom stereocenters. The maximum absolute atomic E-state index is 12.5. The van der Waals surface area contributed by atoms with Crippen LogP contribution in [0.3, 0.4) is 0 Å². The Hall–Kier alpha value is -1.24. The van der Waals surface area contributed by atoms with Gasteiger partial charge in [-0.1, -0.05) is 5.46 Å². The van der Waals surface area contributed by atoms with Crippen LogP contribution >= 0.6 is 0 Å². The summed E-state index contributed by atoms with van der Waals surface area (Å²) in [6.45, 7) is -1.01. The second-order valence-corrected chi connectivity index (χ2v) is 4.59. The molecule has 0 saturated heterocycles. The summed E-state index contributed by atoms with van der Waals surface area (Å²) >= 11 is 0. The lowest BCUT2D eigenvalue weighted by Gasteiger charge is -2.22. The molecule has 1 aromatic heterocycles. The van der Waals surface area contributed by atoms with Crippen LogP contribution in [-0.4, -0.2) is 31.3 Å². The minimum Gasteiger partial charge on any atom is -0.492 e. The molecule has 0 aromatic carbocycles. The molecule has 0 aliphatic rings. The standard InChI is InChI=1S/C11H16BF3NO2/c1-11(2,17-3)4-5-18-10-6-9(7-16-8-10)12(13,14)15/h6-8H,4-5H2,1-3H3/q-1. The van der Waals surface area contributed by atoms with Crippen molar-refractivity contribution in [1.82, 2.24) is 4.98 Å². The molecule has 7 heteroatoms. The minimum absolute atomic E-state index is 0.124. The summed E-state index contributed by atoms with van der Waals surface area (Å²) in [7, 11) is 1.58. The summed E-state index contributed by atoms with van der Waals surface area (Å²) in [5, 5.41) is 0. The van der Waals surface area contributed by atoms with Crippen LogP contribution in [0.2, 0.25) is 0 Å². The first-order valence-corrected chi connectivity index (χ1v) is 5.57. The van der Waals surface area contributed by atoms with Crippen molar-refractivity contribution in [3.63, 3.8) is 0 Å². The molecule has 0 unspecified atom stereocenters. The van der Waals surface area contributed by atoms with E-state index < -0.39 is 12.4 Å². The number of methoxy groups -OCH3 is 1. The number of hydrogen-bond acceptors (Lipinski definition) is 3. The third-order valence-electron chi connectivity index (χ3n) is 2.64. The van der Waals surface area contributed by atoms with Gasteiger partial charge in [0.1, 0.15) is 5.75 Å². The highest BCUT2D eigenvalue weighted by molar-refractivity contribution is 6.73. The highest BCUT2D eigenvalue weighted by Gasteiger charge is 2.26. The average Bonchev–Trinajstić information content (AvgIpc) is 2.28. The van der Waals surface area contributed by atoms with Crippen LogP contribution in [0.5, 0.6) is 5.75 Å². The number of pyridine rings is 1. The van der Waals surface area contributed by atoms with Crippen molar-refractivity contribution in [3.8, 4) is 5.75 Å². The largest absolute Gasteiger partial charge is 0.511 e. The van der Waals surface area contributed by atoms with Crippen molar-refractivity contribution in [2.24, 2.45) is 0 Å². The Morgan fingerprint density at radius 1 is 1.28 bits per heavy atom. The number of ether oxygens (including phenoxy) is 2. The Bertz CT molecular complexity index is 396. The van der Waals surface area contributed by atoms with Crippen molar-refractivity contribution in [2.75, 3.05) is 13.7 Å². The number of halogens is 3. The van der Waals surface area contributed by atoms with E-state index in [0.717, 1.165) is 12.3 Å². The molecular weight excluding hydrogens is 246 g/mol. The zero-order chi connectivity index (χ0) is 13.8. The van der Waals surface area contributed by atoms with E-state index in [9.17, 15) is 12.9 Å². The molecule has 0 bridgehead atoms. The van der Waals surface area contributed by atoms with Crippen LogP contribution in [0.4, 0.5) is 12.9 Å². The topological polar surface area (TPSA) is 31.4 Å². The van der Waals surface area contributed by atoms with Crippen LogP contribution in [0.1, 0.15) is 20.3 Å². The van der Waals surface area contributed by atoms with Gasteiger partial charge in [0.25, 0.3) is 0 Å². The van der Waals surface area contributed by atoms with E-state index in [-0.39, 0.29) is 18.0 Å². The third-order valence-corrected chi connectivity index (χ3v) is 2.64. The number of rotatable bonds is 6. The first-order chi connectivity index (χ1) is 8.24. The van der Waals surface area contributed by atoms with Crippen molar-refractivity contribution < 1.29 is 22.4 Å². The van der Waals surface area contributed by atoms with Crippen molar-refractivity contribution in [3.05, 3.63) is 18.5 Å². The van der Waals surface area contributed by atoms with Gasteiger partial charge in [-0.2, -0.15) is 0 Å². The summed E-state index contributed by atoms with van der Waals surface area (Å²) in [4.78, 5) is 3.53. The van der Waals surface area contributed by atoms with Gasteiger partial charge in [0.05, 0.1) is 18.4 Å². The maximum atomic E-state index is 12.5. The van der Waals surface area contributed by atoms with Gasteiger partial charge in [0.15, 0.2) is 0 Å². The van der Waals surface area contributed by atoms with Gasteiger partial charge in [-0.3, -0.25) is 4.98 Å². The quantitative estimate of drug-likeness (QED) is 0.737. The zero-order valence-electron chi connectivity index (χ0n) is 10.6. The monoisotopic (exact) mass is 262 g/mol. The fourth-order valence-electron chi connectivity index (χ4n) is 1.21. The van der Waals surface area contributed by atoms with Crippen LogP contribution in [0.15, 0.2) is 18.5 Å². The highest BCUT2D eigenvalue weighted by atomic mass is 19.4. The molecule has 0 N–H and O–H groups in total. The Balaban J connectivity index is 2.59. The molecular formula is C11H16BF3NO2-. The van der Waals surface area contributed by atoms with Crippen molar-refractivity contribution in [2.45, 2.75) is 25.9 Å². The fourth-order valence-corrected chi connectivity index (χ4v) is 1.21. The molecule has 1 aromatic rings. The molecule has 0 spiro atoms. The number of aromatic nitrogens is 1. The summed E-state index contributed by atoms with van der Waals surface area (Å²) in [6, 6.07) is 0.965. The van der Waals surface area contributed by atoms with Gasteiger partial charge < -0.3 is 22.4 Å².